The highest BCUT2D eigenvalue weighted by Crippen LogP contribution is 2.27. The van der Waals surface area contributed by atoms with Crippen LogP contribution in [0.15, 0.2) is 24.3 Å². The van der Waals surface area contributed by atoms with E-state index in [9.17, 15) is 19.7 Å². The van der Waals surface area contributed by atoms with Gasteiger partial charge in [0, 0.05) is 37.8 Å². The van der Waals surface area contributed by atoms with Gasteiger partial charge in [-0.3, -0.25) is 19.7 Å². The Kier molecular flexibility index (Phi) is 6.73. The molecule has 0 radical (unpaired) electrons. The largest absolute Gasteiger partial charge is 0.383 e. The van der Waals surface area contributed by atoms with E-state index < -0.39 is 11.0 Å². The molecule has 0 bridgehead atoms. The summed E-state index contributed by atoms with van der Waals surface area (Å²) in [6.45, 7) is 2.31. The first-order valence-corrected chi connectivity index (χ1v) is 8.50. The number of anilines is 1. The first-order chi connectivity index (χ1) is 12.0. The summed E-state index contributed by atoms with van der Waals surface area (Å²) in [5.41, 5.74) is 0.780. The number of benzene rings is 1. The number of hydrogen-bond acceptors (Lipinski definition) is 5. The smallest absolute Gasteiger partial charge is 0.269 e. The average Bonchev–Trinajstić information content (AvgIpc) is 3.11. The van der Waals surface area contributed by atoms with Crippen LogP contribution in [0.1, 0.15) is 32.6 Å². The maximum Gasteiger partial charge on any atom is 0.269 e. The summed E-state index contributed by atoms with van der Waals surface area (Å²) in [6.07, 6.45) is 4.10. The normalized spacial score (nSPS) is 15.4. The number of nitrogens with zero attached hydrogens (tertiary/aromatic N) is 1. The second-order valence-electron chi connectivity index (χ2n) is 6.24. The van der Waals surface area contributed by atoms with Gasteiger partial charge in [-0.2, -0.15) is 0 Å². The standard InChI is InChI=1S/C17H24N4O4/c1-12(22)20-16(13-4-2-3-5-13)17(23)19-11-10-18-14-6-8-15(9-7-14)21(24)25/h6-9,13,16,18H,2-5,10-11H2,1H3,(H,19,23)(H,20,22). The highest BCUT2D eigenvalue weighted by Gasteiger charge is 2.30. The molecule has 3 N–H and O–H groups in total. The van der Waals surface area contributed by atoms with Crippen LogP contribution in [0, 0.1) is 16.0 Å². The summed E-state index contributed by atoms with van der Waals surface area (Å²) < 4.78 is 0. The van der Waals surface area contributed by atoms with E-state index in [-0.39, 0.29) is 23.4 Å². The zero-order valence-corrected chi connectivity index (χ0v) is 14.3. The second kappa shape index (κ2) is 9.00. The molecule has 2 amide bonds. The molecule has 136 valence electrons. The Bertz CT molecular complexity index is 612. The van der Waals surface area contributed by atoms with Crippen LogP contribution < -0.4 is 16.0 Å². The van der Waals surface area contributed by atoms with Crippen molar-refractivity contribution < 1.29 is 14.5 Å². The van der Waals surface area contributed by atoms with E-state index in [4.69, 9.17) is 0 Å². The fraction of sp³-hybridized carbons (Fsp3) is 0.529. The van der Waals surface area contributed by atoms with Crippen LogP contribution in [-0.4, -0.2) is 35.9 Å². The van der Waals surface area contributed by atoms with Crippen molar-refractivity contribution in [2.45, 2.75) is 38.6 Å². The van der Waals surface area contributed by atoms with Crippen molar-refractivity contribution in [2.75, 3.05) is 18.4 Å². The Labute approximate surface area is 146 Å². The predicted molar refractivity (Wildman–Crippen MR) is 94.2 cm³/mol. The van der Waals surface area contributed by atoms with E-state index in [0.717, 1.165) is 31.4 Å². The first-order valence-electron chi connectivity index (χ1n) is 8.50. The summed E-state index contributed by atoms with van der Waals surface area (Å²) in [5, 5.41) is 19.3. The monoisotopic (exact) mass is 348 g/mol. The van der Waals surface area contributed by atoms with Crippen LogP contribution in [0.2, 0.25) is 0 Å². The molecule has 25 heavy (non-hydrogen) atoms. The number of amides is 2. The molecular formula is C17H24N4O4. The SMILES string of the molecule is CC(=O)NC(C(=O)NCCNc1ccc([N+](=O)[O-])cc1)C1CCCC1. The van der Waals surface area contributed by atoms with Crippen LogP contribution in [0.5, 0.6) is 0 Å². The highest BCUT2D eigenvalue weighted by atomic mass is 16.6. The van der Waals surface area contributed by atoms with Crippen molar-refractivity contribution in [3.63, 3.8) is 0 Å². The lowest BCUT2D eigenvalue weighted by molar-refractivity contribution is -0.384. The molecule has 0 saturated heterocycles. The molecule has 0 spiro atoms. The summed E-state index contributed by atoms with van der Waals surface area (Å²) in [5.74, 6) is -0.157. The van der Waals surface area contributed by atoms with E-state index >= 15 is 0 Å². The third-order valence-electron chi connectivity index (χ3n) is 4.34. The quantitative estimate of drug-likeness (QED) is 0.377. The molecule has 8 nitrogen and oxygen atoms in total. The van der Waals surface area contributed by atoms with Gasteiger partial charge in [-0.15, -0.1) is 0 Å². The molecule has 1 saturated carbocycles. The Morgan fingerprint density at radius 2 is 1.84 bits per heavy atom. The Morgan fingerprint density at radius 1 is 1.20 bits per heavy atom. The van der Waals surface area contributed by atoms with Gasteiger partial charge in [0.1, 0.15) is 6.04 Å². The molecule has 1 unspecified atom stereocenters. The predicted octanol–water partition coefficient (Wildman–Crippen LogP) is 1.82. The number of nitro benzene ring substituents is 1. The molecule has 1 aromatic rings. The molecule has 1 fully saturated rings. The fourth-order valence-electron chi connectivity index (χ4n) is 3.11. The molecule has 1 atom stereocenters. The van der Waals surface area contributed by atoms with Gasteiger partial charge in [0.05, 0.1) is 4.92 Å². The molecule has 2 rings (SSSR count). The van der Waals surface area contributed by atoms with Crippen molar-refractivity contribution in [3.05, 3.63) is 34.4 Å². The average molecular weight is 348 g/mol. The minimum atomic E-state index is -0.473. The maximum absolute atomic E-state index is 12.4. The van der Waals surface area contributed by atoms with Gasteiger partial charge in [-0.25, -0.2) is 0 Å². The van der Waals surface area contributed by atoms with Crippen molar-refractivity contribution in [1.29, 1.82) is 0 Å². The molecule has 1 aliphatic carbocycles. The van der Waals surface area contributed by atoms with Crippen molar-refractivity contribution in [1.82, 2.24) is 10.6 Å². The lowest BCUT2D eigenvalue weighted by Gasteiger charge is -2.23. The summed E-state index contributed by atoms with van der Waals surface area (Å²) in [4.78, 5) is 33.9. The van der Waals surface area contributed by atoms with Crippen LogP contribution in [-0.2, 0) is 9.59 Å². The Balaban J connectivity index is 1.77. The number of carbonyl (C=O) groups excluding carboxylic acids is 2. The Hall–Kier alpha value is -2.64. The van der Waals surface area contributed by atoms with Gasteiger partial charge in [0.15, 0.2) is 0 Å². The van der Waals surface area contributed by atoms with Gasteiger partial charge >= 0.3 is 0 Å². The zero-order valence-electron chi connectivity index (χ0n) is 14.3. The Morgan fingerprint density at radius 3 is 2.40 bits per heavy atom. The van der Waals surface area contributed by atoms with Gasteiger partial charge in [0.2, 0.25) is 11.8 Å². The lowest BCUT2D eigenvalue weighted by atomic mass is 9.97. The fourth-order valence-corrected chi connectivity index (χ4v) is 3.11. The van der Waals surface area contributed by atoms with Crippen LogP contribution in [0.25, 0.3) is 0 Å². The van der Waals surface area contributed by atoms with E-state index in [1.807, 2.05) is 0 Å². The number of rotatable bonds is 8. The summed E-state index contributed by atoms with van der Waals surface area (Å²) in [7, 11) is 0. The summed E-state index contributed by atoms with van der Waals surface area (Å²) in [6, 6.07) is 5.62. The topological polar surface area (TPSA) is 113 Å². The van der Waals surface area contributed by atoms with Gasteiger partial charge < -0.3 is 16.0 Å². The molecular weight excluding hydrogens is 324 g/mol. The number of non-ortho nitro benzene ring substituents is 1. The van der Waals surface area contributed by atoms with Crippen molar-refractivity contribution in [3.8, 4) is 0 Å². The van der Waals surface area contributed by atoms with E-state index in [1.165, 1.54) is 19.1 Å². The maximum atomic E-state index is 12.4. The van der Waals surface area contributed by atoms with Crippen molar-refractivity contribution in [2.24, 2.45) is 5.92 Å². The van der Waals surface area contributed by atoms with Crippen LogP contribution in [0.3, 0.4) is 0 Å². The van der Waals surface area contributed by atoms with Crippen LogP contribution >= 0.6 is 0 Å². The number of nitro groups is 1. The first kappa shape index (κ1) is 18.7. The highest BCUT2D eigenvalue weighted by molar-refractivity contribution is 5.87. The molecule has 0 aromatic heterocycles. The molecule has 1 aliphatic rings. The van der Waals surface area contributed by atoms with E-state index in [1.54, 1.807) is 12.1 Å². The zero-order chi connectivity index (χ0) is 18.2. The molecule has 0 aliphatic heterocycles. The van der Waals surface area contributed by atoms with E-state index in [0.29, 0.717) is 13.1 Å². The minimum absolute atomic E-state index is 0.0357. The van der Waals surface area contributed by atoms with Crippen LogP contribution in [0.4, 0.5) is 11.4 Å². The molecule has 8 heteroatoms. The minimum Gasteiger partial charge on any atom is -0.383 e. The number of nitrogens with one attached hydrogen (secondary N) is 3. The number of carbonyl (C=O) groups is 2. The second-order valence-corrected chi connectivity index (χ2v) is 6.24. The lowest BCUT2D eigenvalue weighted by Crippen LogP contribution is -2.50. The summed E-state index contributed by atoms with van der Waals surface area (Å²) >= 11 is 0. The number of hydrogen-bond donors (Lipinski definition) is 3. The third kappa shape index (κ3) is 5.74. The molecule has 0 heterocycles. The van der Waals surface area contributed by atoms with E-state index in [2.05, 4.69) is 16.0 Å². The van der Waals surface area contributed by atoms with Crippen molar-refractivity contribution >= 4 is 23.2 Å². The molecule has 1 aromatic carbocycles. The van der Waals surface area contributed by atoms with Gasteiger partial charge in [-0.1, -0.05) is 12.8 Å². The van der Waals surface area contributed by atoms with Gasteiger partial charge in [-0.05, 0) is 30.9 Å². The third-order valence-corrected chi connectivity index (χ3v) is 4.34. The van der Waals surface area contributed by atoms with Gasteiger partial charge in [0.25, 0.3) is 5.69 Å².